The quantitative estimate of drug-likeness (QED) is 0.552. The van der Waals surface area contributed by atoms with Crippen LogP contribution in [0.25, 0.3) is 0 Å². The maximum Gasteiger partial charge on any atom is 0.244 e. The van der Waals surface area contributed by atoms with Gasteiger partial charge in [0.2, 0.25) is 5.91 Å². The second kappa shape index (κ2) is 10.5. The summed E-state index contributed by atoms with van der Waals surface area (Å²) in [5.41, 5.74) is 5.52. The van der Waals surface area contributed by atoms with Crippen LogP contribution >= 0.6 is 23.4 Å². The summed E-state index contributed by atoms with van der Waals surface area (Å²) >= 11 is 7.85. The van der Waals surface area contributed by atoms with Gasteiger partial charge in [-0.2, -0.15) is 16.9 Å². The zero-order valence-electron chi connectivity index (χ0n) is 15.9. The number of halogens is 1. The van der Waals surface area contributed by atoms with Gasteiger partial charge in [0.1, 0.15) is 5.75 Å². The number of nitrogens with zero attached hydrogens (tertiary/aromatic N) is 2. The van der Waals surface area contributed by atoms with E-state index in [1.165, 1.54) is 11.5 Å². The van der Waals surface area contributed by atoms with Crippen LogP contribution in [0.3, 0.4) is 0 Å². The van der Waals surface area contributed by atoms with E-state index in [1.54, 1.807) is 25.5 Å². The molecule has 0 bridgehead atoms. The van der Waals surface area contributed by atoms with Crippen molar-refractivity contribution in [3.05, 3.63) is 64.2 Å². The Morgan fingerprint density at radius 3 is 2.71 bits per heavy atom. The fraction of sp³-hybridized carbons (Fsp3) is 0.333. The molecule has 1 heterocycles. The number of carbonyl (C=O) groups excluding carboxylic acids is 1. The van der Waals surface area contributed by atoms with E-state index in [9.17, 15) is 4.79 Å². The van der Waals surface area contributed by atoms with Crippen molar-refractivity contribution < 1.29 is 9.53 Å². The van der Waals surface area contributed by atoms with E-state index in [0.717, 1.165) is 42.1 Å². The molecule has 0 aromatic heterocycles. The second-order valence-electron chi connectivity index (χ2n) is 6.56. The Bertz CT molecular complexity index is 821. The molecular weight excluding hydrogens is 394 g/mol. The first kappa shape index (κ1) is 20.7. The predicted octanol–water partition coefficient (Wildman–Crippen LogP) is 3.59. The lowest BCUT2D eigenvalue weighted by Crippen LogP contribution is -2.32. The van der Waals surface area contributed by atoms with Crippen molar-refractivity contribution in [2.45, 2.75) is 13.0 Å². The molecule has 28 heavy (non-hydrogen) atoms. The van der Waals surface area contributed by atoms with Gasteiger partial charge in [0.15, 0.2) is 0 Å². The number of amides is 1. The molecule has 0 spiro atoms. The molecule has 7 heteroatoms. The molecule has 2 aromatic carbocycles. The molecule has 1 amide bonds. The molecule has 1 N–H and O–H groups in total. The van der Waals surface area contributed by atoms with Crippen LogP contribution in [0.2, 0.25) is 5.02 Å². The van der Waals surface area contributed by atoms with Gasteiger partial charge in [-0.25, -0.2) is 5.43 Å². The van der Waals surface area contributed by atoms with Gasteiger partial charge in [0.05, 0.1) is 19.7 Å². The van der Waals surface area contributed by atoms with E-state index in [1.807, 2.05) is 36.0 Å². The minimum Gasteiger partial charge on any atom is -0.496 e. The zero-order chi connectivity index (χ0) is 19.8. The van der Waals surface area contributed by atoms with E-state index in [4.69, 9.17) is 16.3 Å². The number of benzene rings is 2. The monoisotopic (exact) mass is 417 g/mol. The van der Waals surface area contributed by atoms with E-state index in [2.05, 4.69) is 21.5 Å². The largest absolute Gasteiger partial charge is 0.496 e. The number of carbonyl (C=O) groups is 1. The highest BCUT2D eigenvalue weighted by molar-refractivity contribution is 7.99. The highest BCUT2D eigenvalue weighted by atomic mass is 35.5. The third-order valence-corrected chi connectivity index (χ3v) is 5.68. The first-order chi connectivity index (χ1) is 13.6. The van der Waals surface area contributed by atoms with E-state index in [0.29, 0.717) is 5.02 Å². The number of methoxy groups -OCH3 is 1. The van der Waals surface area contributed by atoms with Crippen LogP contribution < -0.4 is 10.2 Å². The van der Waals surface area contributed by atoms with Crippen molar-refractivity contribution >= 4 is 35.5 Å². The summed E-state index contributed by atoms with van der Waals surface area (Å²) < 4.78 is 5.50. The molecule has 2 aromatic rings. The van der Waals surface area contributed by atoms with Crippen molar-refractivity contribution in [2.24, 2.45) is 5.10 Å². The molecule has 0 unspecified atom stereocenters. The summed E-state index contributed by atoms with van der Waals surface area (Å²) in [7, 11) is 1.69. The minimum absolute atomic E-state index is 0.168. The Morgan fingerprint density at radius 1 is 1.25 bits per heavy atom. The zero-order valence-corrected chi connectivity index (χ0v) is 17.4. The molecule has 148 valence electrons. The van der Waals surface area contributed by atoms with Gasteiger partial charge in [-0.15, -0.1) is 0 Å². The third kappa shape index (κ3) is 6.26. The predicted molar refractivity (Wildman–Crippen MR) is 116 cm³/mol. The number of thioether (sulfide) groups is 1. The van der Waals surface area contributed by atoms with Gasteiger partial charge in [-0.05, 0) is 41.5 Å². The number of ether oxygens (including phenoxy) is 1. The van der Waals surface area contributed by atoms with Gasteiger partial charge in [-0.3, -0.25) is 9.69 Å². The molecule has 3 rings (SSSR count). The molecular formula is C21H24ClN3O2S. The number of hydrazone groups is 1. The molecule has 1 saturated heterocycles. The van der Waals surface area contributed by atoms with E-state index >= 15 is 0 Å². The number of nitrogens with one attached hydrogen (secondary N) is 1. The minimum atomic E-state index is -0.168. The molecule has 1 aliphatic heterocycles. The highest BCUT2D eigenvalue weighted by Gasteiger charge is 2.13. The summed E-state index contributed by atoms with van der Waals surface area (Å²) in [6.45, 7) is 3.04. The van der Waals surface area contributed by atoms with Crippen molar-refractivity contribution in [3.63, 3.8) is 0 Å². The first-order valence-electron chi connectivity index (χ1n) is 9.17. The summed E-state index contributed by atoms with van der Waals surface area (Å²) in [6.07, 6.45) is 1.92. The van der Waals surface area contributed by atoms with Crippen LogP contribution in [-0.2, 0) is 17.8 Å². The number of hydrogen-bond donors (Lipinski definition) is 1. The average Bonchev–Trinajstić information content (AvgIpc) is 2.71. The maximum absolute atomic E-state index is 12.0. The van der Waals surface area contributed by atoms with Crippen LogP contribution in [-0.4, -0.2) is 48.7 Å². The molecule has 0 saturated carbocycles. The average molecular weight is 418 g/mol. The SMILES string of the molecule is COc1ccc(/C=N/NC(=O)Cc2ccc(Cl)cc2)cc1CN1CCSCC1. The molecule has 0 radical (unpaired) electrons. The van der Waals surface area contributed by atoms with E-state index in [-0.39, 0.29) is 12.3 Å². The highest BCUT2D eigenvalue weighted by Crippen LogP contribution is 2.22. The van der Waals surface area contributed by atoms with Crippen molar-refractivity contribution in [3.8, 4) is 5.75 Å². The lowest BCUT2D eigenvalue weighted by molar-refractivity contribution is -0.120. The van der Waals surface area contributed by atoms with Gasteiger partial charge < -0.3 is 4.74 Å². The van der Waals surface area contributed by atoms with Crippen LogP contribution in [0.5, 0.6) is 5.75 Å². The Labute approximate surface area is 175 Å². The first-order valence-corrected chi connectivity index (χ1v) is 10.7. The van der Waals surface area contributed by atoms with Crippen LogP contribution in [0.4, 0.5) is 0 Å². The molecule has 0 aliphatic carbocycles. The standard InChI is InChI=1S/C21H24ClN3O2S/c1-27-20-7-4-17(12-18(20)15-25-8-10-28-11-9-25)14-23-24-21(26)13-16-2-5-19(22)6-3-16/h2-7,12,14H,8-11,13,15H2,1H3,(H,24,26)/b23-14+. The third-order valence-electron chi connectivity index (χ3n) is 4.48. The fourth-order valence-corrected chi connectivity index (χ4v) is 4.11. The summed E-state index contributed by atoms with van der Waals surface area (Å²) in [5, 5.41) is 4.74. The van der Waals surface area contributed by atoms with Gasteiger partial charge in [-0.1, -0.05) is 23.7 Å². The normalized spacial score (nSPS) is 14.9. The van der Waals surface area contributed by atoms with Crippen LogP contribution in [0.1, 0.15) is 16.7 Å². The summed E-state index contributed by atoms with van der Waals surface area (Å²) in [6, 6.07) is 13.2. The Kier molecular flexibility index (Phi) is 7.77. The lowest BCUT2D eigenvalue weighted by Gasteiger charge is -2.26. The molecule has 5 nitrogen and oxygen atoms in total. The molecule has 1 fully saturated rings. The Morgan fingerprint density at radius 2 is 2.00 bits per heavy atom. The summed E-state index contributed by atoms with van der Waals surface area (Å²) in [4.78, 5) is 14.5. The van der Waals surface area contributed by atoms with Crippen molar-refractivity contribution in [1.29, 1.82) is 0 Å². The van der Waals surface area contributed by atoms with Crippen molar-refractivity contribution in [1.82, 2.24) is 10.3 Å². The Balaban J connectivity index is 1.58. The molecule has 1 aliphatic rings. The van der Waals surface area contributed by atoms with Gasteiger partial charge in [0.25, 0.3) is 0 Å². The summed E-state index contributed by atoms with van der Waals surface area (Å²) in [5.74, 6) is 3.05. The van der Waals surface area contributed by atoms with Crippen LogP contribution in [0, 0.1) is 0 Å². The topological polar surface area (TPSA) is 53.9 Å². The van der Waals surface area contributed by atoms with E-state index < -0.39 is 0 Å². The molecule has 0 atom stereocenters. The second-order valence-corrected chi connectivity index (χ2v) is 8.22. The van der Waals surface area contributed by atoms with Gasteiger partial charge >= 0.3 is 0 Å². The number of hydrogen-bond acceptors (Lipinski definition) is 5. The fourth-order valence-electron chi connectivity index (χ4n) is 3.01. The van der Waals surface area contributed by atoms with Crippen LogP contribution in [0.15, 0.2) is 47.6 Å². The Hall–Kier alpha value is -2.02. The lowest BCUT2D eigenvalue weighted by atomic mass is 10.1. The number of rotatable bonds is 7. The maximum atomic E-state index is 12.0. The van der Waals surface area contributed by atoms with Crippen molar-refractivity contribution in [2.75, 3.05) is 31.7 Å². The smallest absolute Gasteiger partial charge is 0.244 e. The van der Waals surface area contributed by atoms with Gasteiger partial charge in [0, 0.05) is 41.7 Å².